The molecule has 0 bridgehead atoms. The van der Waals surface area contributed by atoms with E-state index in [0.29, 0.717) is 9.34 Å². The van der Waals surface area contributed by atoms with Crippen molar-refractivity contribution < 1.29 is 14.3 Å². The van der Waals surface area contributed by atoms with Gasteiger partial charge in [0, 0.05) is 5.69 Å². The Hall–Kier alpha value is -1.79. The minimum Gasteiger partial charge on any atom is -0.497 e. The van der Waals surface area contributed by atoms with Crippen LogP contribution in [0.15, 0.2) is 30.5 Å². The topological polar surface area (TPSA) is 60.5 Å². The van der Waals surface area contributed by atoms with Crippen molar-refractivity contribution in [1.82, 2.24) is 4.98 Å². The molecule has 0 spiro atoms. The van der Waals surface area contributed by atoms with Gasteiger partial charge in [0.1, 0.15) is 15.1 Å². The number of hydrogen-bond acceptors (Lipinski definition) is 6. The van der Waals surface area contributed by atoms with Crippen molar-refractivity contribution in [3.05, 3.63) is 39.8 Å². The second kappa shape index (κ2) is 6.58. The van der Waals surface area contributed by atoms with Gasteiger partial charge in [-0.1, -0.05) is 11.6 Å². The van der Waals surface area contributed by atoms with E-state index in [-0.39, 0.29) is 0 Å². The van der Waals surface area contributed by atoms with Crippen LogP contribution < -0.4 is 10.1 Å². The first-order chi connectivity index (χ1) is 9.63. The molecule has 1 unspecified atom stereocenters. The minimum atomic E-state index is -0.689. The summed E-state index contributed by atoms with van der Waals surface area (Å²) in [5, 5.41) is 3.62. The highest BCUT2D eigenvalue weighted by atomic mass is 35.5. The zero-order valence-electron chi connectivity index (χ0n) is 10.9. The van der Waals surface area contributed by atoms with Crippen molar-refractivity contribution in [2.24, 2.45) is 0 Å². The smallest absolute Gasteiger partial charge is 0.335 e. The Labute approximate surface area is 125 Å². The molecule has 0 saturated heterocycles. The van der Waals surface area contributed by atoms with Gasteiger partial charge in [-0.05, 0) is 24.3 Å². The molecule has 0 saturated carbocycles. The van der Waals surface area contributed by atoms with Crippen molar-refractivity contribution in [1.29, 1.82) is 0 Å². The molecule has 0 fully saturated rings. The molecule has 0 radical (unpaired) electrons. The fraction of sp³-hybridized carbons (Fsp3) is 0.231. The van der Waals surface area contributed by atoms with Crippen LogP contribution in [-0.4, -0.2) is 25.2 Å². The summed E-state index contributed by atoms with van der Waals surface area (Å²) in [4.78, 5) is 16.0. The number of esters is 1. The molecule has 0 aliphatic carbocycles. The molecule has 1 heterocycles. The molecule has 0 aliphatic rings. The van der Waals surface area contributed by atoms with Gasteiger partial charge < -0.3 is 14.8 Å². The zero-order chi connectivity index (χ0) is 14.5. The lowest BCUT2D eigenvalue weighted by atomic mass is 10.2. The van der Waals surface area contributed by atoms with Gasteiger partial charge in [0.15, 0.2) is 6.04 Å². The molecule has 0 amide bonds. The lowest BCUT2D eigenvalue weighted by Gasteiger charge is -2.15. The Morgan fingerprint density at radius 3 is 2.55 bits per heavy atom. The first-order valence-corrected chi connectivity index (χ1v) is 6.93. The van der Waals surface area contributed by atoms with Gasteiger partial charge >= 0.3 is 5.97 Å². The maximum atomic E-state index is 11.9. The van der Waals surface area contributed by atoms with Gasteiger partial charge in [-0.3, -0.25) is 0 Å². The third-order valence-corrected chi connectivity index (χ3v) is 3.76. The second-order valence-corrected chi connectivity index (χ2v) is 5.53. The van der Waals surface area contributed by atoms with E-state index >= 15 is 0 Å². The van der Waals surface area contributed by atoms with Gasteiger partial charge in [-0.15, -0.1) is 11.3 Å². The number of rotatable bonds is 5. The number of halogens is 1. The van der Waals surface area contributed by atoms with Crippen molar-refractivity contribution in [3.63, 3.8) is 0 Å². The largest absolute Gasteiger partial charge is 0.497 e. The van der Waals surface area contributed by atoms with Crippen molar-refractivity contribution in [3.8, 4) is 5.75 Å². The summed E-state index contributed by atoms with van der Waals surface area (Å²) in [5.41, 5.74) is 0.757. The van der Waals surface area contributed by atoms with Crippen molar-refractivity contribution in [2.45, 2.75) is 6.04 Å². The molecule has 1 atom stereocenters. The molecule has 1 aromatic heterocycles. The lowest BCUT2D eigenvalue weighted by Crippen LogP contribution is -2.22. The third-order valence-electron chi connectivity index (χ3n) is 2.58. The van der Waals surface area contributed by atoms with Crippen molar-refractivity contribution >= 4 is 34.6 Å². The number of carbonyl (C=O) groups is 1. The van der Waals surface area contributed by atoms with Gasteiger partial charge in [0.05, 0.1) is 20.4 Å². The number of ether oxygens (including phenoxy) is 2. The van der Waals surface area contributed by atoms with Crippen LogP contribution in [0.5, 0.6) is 5.75 Å². The minimum absolute atomic E-state index is 0.424. The molecule has 2 rings (SSSR count). The Bertz CT molecular complexity index is 586. The number of methoxy groups -OCH3 is 2. The number of nitrogens with zero attached hydrogens (tertiary/aromatic N) is 1. The highest BCUT2D eigenvalue weighted by Gasteiger charge is 2.24. The summed E-state index contributed by atoms with van der Waals surface area (Å²) in [6.07, 6.45) is 1.51. The first-order valence-electron chi connectivity index (χ1n) is 5.73. The normalized spacial score (nSPS) is 11.8. The zero-order valence-corrected chi connectivity index (χ0v) is 12.5. The summed E-state index contributed by atoms with van der Waals surface area (Å²) < 4.78 is 10.4. The number of thiazole rings is 1. The summed E-state index contributed by atoms with van der Waals surface area (Å²) in [7, 11) is 2.93. The number of nitrogens with one attached hydrogen (secondary N) is 1. The van der Waals surface area contributed by atoms with Crippen LogP contribution in [0.1, 0.15) is 11.0 Å². The average molecular weight is 313 g/mol. The summed E-state index contributed by atoms with van der Waals surface area (Å²) in [6.45, 7) is 0. The third kappa shape index (κ3) is 3.40. The van der Waals surface area contributed by atoms with Crippen LogP contribution in [0.25, 0.3) is 0 Å². The van der Waals surface area contributed by atoms with Crippen LogP contribution in [0.4, 0.5) is 5.69 Å². The molecular formula is C13H13ClN2O3S. The first kappa shape index (κ1) is 14.6. The van der Waals surface area contributed by atoms with E-state index in [0.717, 1.165) is 11.4 Å². The van der Waals surface area contributed by atoms with Crippen LogP contribution in [0.3, 0.4) is 0 Å². The van der Waals surface area contributed by atoms with Crippen molar-refractivity contribution in [2.75, 3.05) is 19.5 Å². The molecule has 1 aromatic carbocycles. The number of aromatic nitrogens is 1. The number of anilines is 1. The van der Waals surface area contributed by atoms with Gasteiger partial charge in [-0.25, -0.2) is 9.78 Å². The quantitative estimate of drug-likeness (QED) is 0.859. The predicted octanol–water partition coefficient (Wildman–Crippen LogP) is 3.13. The molecule has 0 aliphatic heterocycles. The molecule has 5 nitrogen and oxygen atoms in total. The van der Waals surface area contributed by atoms with Crippen LogP contribution in [0, 0.1) is 0 Å². The molecule has 7 heteroatoms. The molecular weight excluding hydrogens is 300 g/mol. The van der Waals surface area contributed by atoms with Gasteiger partial charge in [0.2, 0.25) is 0 Å². The predicted molar refractivity (Wildman–Crippen MR) is 78.5 cm³/mol. The van der Waals surface area contributed by atoms with E-state index in [4.69, 9.17) is 21.1 Å². The second-order valence-electron chi connectivity index (χ2n) is 3.83. The average Bonchev–Trinajstić information content (AvgIpc) is 2.91. The summed E-state index contributed by atoms with van der Waals surface area (Å²) in [6, 6.07) is 6.52. The monoisotopic (exact) mass is 312 g/mol. The maximum absolute atomic E-state index is 11.9. The number of carbonyl (C=O) groups excluding carboxylic acids is 1. The number of benzene rings is 1. The Morgan fingerprint density at radius 2 is 2.05 bits per heavy atom. The number of hydrogen-bond donors (Lipinski definition) is 1. The van der Waals surface area contributed by atoms with E-state index in [1.54, 1.807) is 19.2 Å². The van der Waals surface area contributed by atoms with E-state index in [1.165, 1.54) is 24.6 Å². The van der Waals surface area contributed by atoms with Crippen LogP contribution >= 0.6 is 22.9 Å². The van der Waals surface area contributed by atoms with Gasteiger partial charge in [-0.2, -0.15) is 0 Å². The molecule has 2 aromatic rings. The Morgan fingerprint density at radius 1 is 1.35 bits per heavy atom. The van der Waals surface area contributed by atoms with E-state index < -0.39 is 12.0 Å². The maximum Gasteiger partial charge on any atom is 0.335 e. The summed E-state index contributed by atoms with van der Waals surface area (Å²) >= 11 is 7.09. The van der Waals surface area contributed by atoms with Gasteiger partial charge in [0.25, 0.3) is 0 Å². The van der Waals surface area contributed by atoms with E-state index in [9.17, 15) is 4.79 Å². The highest BCUT2D eigenvalue weighted by molar-refractivity contribution is 7.16. The molecule has 1 N–H and O–H groups in total. The standard InChI is InChI=1S/C13H13ClN2O3S/c1-18-9-5-3-8(4-6-9)16-11(13(17)19-2)12-15-7-10(14)20-12/h3-7,11,16H,1-2H3. The fourth-order valence-corrected chi connectivity index (χ4v) is 2.56. The molecule has 20 heavy (non-hydrogen) atoms. The SMILES string of the molecule is COC(=O)C(Nc1ccc(OC)cc1)c1ncc(Cl)s1. The Kier molecular flexibility index (Phi) is 4.81. The lowest BCUT2D eigenvalue weighted by molar-refractivity contribution is -0.141. The highest BCUT2D eigenvalue weighted by Crippen LogP contribution is 2.28. The van der Waals surface area contributed by atoms with E-state index in [2.05, 4.69) is 10.3 Å². The fourth-order valence-electron chi connectivity index (χ4n) is 1.59. The van der Waals surface area contributed by atoms with Crippen LogP contribution in [0.2, 0.25) is 4.34 Å². The molecule has 106 valence electrons. The van der Waals surface area contributed by atoms with Crippen LogP contribution in [-0.2, 0) is 9.53 Å². The Balaban J connectivity index is 2.21. The summed E-state index contributed by atoms with van der Waals surface area (Å²) in [5.74, 6) is 0.314. The van der Waals surface area contributed by atoms with E-state index in [1.807, 2.05) is 12.1 Å².